The molecule has 0 radical (unpaired) electrons. The number of methoxy groups -OCH3 is 1. The minimum Gasteiger partial charge on any atom is -0.496 e. The number of hydrogen-bond donors (Lipinski definition) is 0. The van der Waals surface area contributed by atoms with Crippen LogP contribution in [0.5, 0.6) is 5.75 Å². The van der Waals surface area contributed by atoms with Gasteiger partial charge in [-0.15, -0.1) is 0 Å². The molecule has 4 heteroatoms. The van der Waals surface area contributed by atoms with Crippen LogP contribution in [-0.2, 0) is 10.3 Å². The van der Waals surface area contributed by atoms with E-state index in [-0.39, 0.29) is 0 Å². The molecule has 96 valence electrons. The van der Waals surface area contributed by atoms with Crippen molar-refractivity contribution in [1.82, 2.24) is 0 Å². The van der Waals surface area contributed by atoms with Crippen LogP contribution in [-0.4, -0.2) is 13.2 Å². The quantitative estimate of drug-likeness (QED) is 0.616. The second-order valence-corrected chi connectivity index (χ2v) is 5.10. The van der Waals surface area contributed by atoms with Gasteiger partial charge in [-0.05, 0) is 37.5 Å². The van der Waals surface area contributed by atoms with Gasteiger partial charge in [0.15, 0.2) is 0 Å². The number of isocyanates is 1. The Balaban J connectivity index is 2.67. The van der Waals surface area contributed by atoms with Crippen LogP contribution in [0.2, 0.25) is 5.02 Å². The summed E-state index contributed by atoms with van der Waals surface area (Å²) >= 11 is 6.19. The summed E-state index contributed by atoms with van der Waals surface area (Å²) in [5.74, 6) is 0.748. The lowest BCUT2D eigenvalue weighted by Crippen LogP contribution is -2.21. The van der Waals surface area contributed by atoms with Gasteiger partial charge in [-0.3, -0.25) is 0 Å². The Bertz CT molecular complexity index is 501. The molecule has 1 saturated carbocycles. The molecule has 1 aromatic carbocycles. The molecule has 0 heterocycles. The monoisotopic (exact) mass is 265 g/mol. The first-order chi connectivity index (χ1) is 8.64. The van der Waals surface area contributed by atoms with Crippen LogP contribution in [0.3, 0.4) is 0 Å². The van der Waals surface area contributed by atoms with E-state index in [2.05, 4.69) is 4.99 Å². The molecule has 0 aliphatic heterocycles. The van der Waals surface area contributed by atoms with Gasteiger partial charge >= 0.3 is 0 Å². The third kappa shape index (κ3) is 2.05. The molecule has 1 fully saturated rings. The fourth-order valence-corrected chi connectivity index (χ4v) is 3.03. The van der Waals surface area contributed by atoms with Crippen molar-refractivity contribution in [1.29, 1.82) is 0 Å². The highest BCUT2D eigenvalue weighted by Crippen LogP contribution is 2.48. The molecule has 0 spiro atoms. The predicted octanol–water partition coefficient (Wildman–Crippen LogP) is 3.76. The van der Waals surface area contributed by atoms with E-state index in [1.165, 1.54) is 0 Å². The molecule has 2 rings (SSSR count). The van der Waals surface area contributed by atoms with E-state index in [4.69, 9.17) is 16.3 Å². The molecular weight excluding hydrogens is 250 g/mol. The van der Waals surface area contributed by atoms with Gasteiger partial charge < -0.3 is 4.74 Å². The first-order valence-electron chi connectivity index (χ1n) is 6.07. The summed E-state index contributed by atoms with van der Waals surface area (Å²) in [6, 6.07) is 3.65. The average molecular weight is 266 g/mol. The number of rotatable bonds is 3. The van der Waals surface area contributed by atoms with Gasteiger partial charge in [-0.1, -0.05) is 24.4 Å². The zero-order chi connectivity index (χ0) is 13.2. The Morgan fingerprint density at radius 2 is 2.06 bits per heavy atom. The van der Waals surface area contributed by atoms with Gasteiger partial charge in [-0.2, -0.15) is 4.99 Å². The van der Waals surface area contributed by atoms with Crippen molar-refractivity contribution in [3.8, 4) is 5.75 Å². The van der Waals surface area contributed by atoms with Gasteiger partial charge in [0.1, 0.15) is 11.3 Å². The molecule has 3 nitrogen and oxygen atoms in total. The van der Waals surface area contributed by atoms with Crippen molar-refractivity contribution in [2.45, 2.75) is 38.1 Å². The molecule has 0 saturated heterocycles. The predicted molar refractivity (Wildman–Crippen MR) is 71.0 cm³/mol. The molecule has 0 unspecified atom stereocenters. The number of aliphatic imine (C=N–C) groups is 1. The molecule has 1 aromatic rings. The topological polar surface area (TPSA) is 38.7 Å². The standard InChI is InChI=1S/C14H16ClNO2/c1-10-11(15)5-6-12(18-2)13(10)14(16-9-17)7-3-4-8-14/h5-6H,3-4,7-8H2,1-2H3. The Hall–Kier alpha value is -1.31. The van der Waals surface area contributed by atoms with Crippen LogP contribution in [0, 0.1) is 6.92 Å². The minimum absolute atomic E-state index is 0.498. The highest BCUT2D eigenvalue weighted by atomic mass is 35.5. The van der Waals surface area contributed by atoms with E-state index in [1.54, 1.807) is 13.2 Å². The third-order valence-corrected chi connectivity index (χ3v) is 4.15. The summed E-state index contributed by atoms with van der Waals surface area (Å²) in [5, 5.41) is 0.679. The molecule has 0 atom stereocenters. The molecular formula is C14H16ClNO2. The molecule has 1 aliphatic rings. The van der Waals surface area contributed by atoms with Crippen LogP contribution < -0.4 is 4.74 Å². The minimum atomic E-state index is -0.498. The molecule has 0 N–H and O–H groups in total. The molecule has 0 aromatic heterocycles. The number of ether oxygens (including phenoxy) is 1. The van der Waals surface area contributed by atoms with Crippen LogP contribution in [0.1, 0.15) is 36.8 Å². The Kier molecular flexibility index (Phi) is 3.74. The van der Waals surface area contributed by atoms with Crippen molar-refractivity contribution in [2.24, 2.45) is 4.99 Å². The maximum Gasteiger partial charge on any atom is 0.235 e. The van der Waals surface area contributed by atoms with E-state index >= 15 is 0 Å². The van der Waals surface area contributed by atoms with Crippen molar-refractivity contribution < 1.29 is 9.53 Å². The summed E-state index contributed by atoms with van der Waals surface area (Å²) < 4.78 is 5.42. The molecule has 0 bridgehead atoms. The number of carbonyl (C=O) groups excluding carboxylic acids is 1. The summed E-state index contributed by atoms with van der Waals surface area (Å²) in [7, 11) is 1.62. The lowest BCUT2D eigenvalue weighted by atomic mass is 9.85. The van der Waals surface area contributed by atoms with E-state index in [1.807, 2.05) is 19.1 Å². The fraction of sp³-hybridized carbons (Fsp3) is 0.500. The van der Waals surface area contributed by atoms with Crippen molar-refractivity contribution in [3.05, 3.63) is 28.3 Å². The van der Waals surface area contributed by atoms with Gasteiger partial charge in [0.2, 0.25) is 6.08 Å². The lowest BCUT2D eigenvalue weighted by molar-refractivity contribution is 0.378. The second-order valence-electron chi connectivity index (χ2n) is 4.69. The second kappa shape index (κ2) is 5.13. The zero-order valence-electron chi connectivity index (χ0n) is 10.6. The smallest absolute Gasteiger partial charge is 0.235 e. The molecule has 18 heavy (non-hydrogen) atoms. The SMILES string of the molecule is COc1ccc(Cl)c(C)c1C1(N=C=O)CCCC1. The first kappa shape index (κ1) is 13.1. The number of nitrogens with zero attached hydrogens (tertiary/aromatic N) is 1. The number of benzene rings is 1. The van der Waals surface area contributed by atoms with Crippen molar-refractivity contribution in [2.75, 3.05) is 7.11 Å². The largest absolute Gasteiger partial charge is 0.496 e. The maximum atomic E-state index is 10.8. The first-order valence-corrected chi connectivity index (χ1v) is 6.45. The number of halogens is 1. The Morgan fingerprint density at radius 1 is 1.39 bits per heavy atom. The summed E-state index contributed by atoms with van der Waals surface area (Å²) in [5.41, 5.74) is 1.39. The van der Waals surface area contributed by atoms with Crippen molar-refractivity contribution >= 4 is 17.7 Å². The summed E-state index contributed by atoms with van der Waals surface area (Å²) in [6.07, 6.45) is 5.53. The lowest BCUT2D eigenvalue weighted by Gasteiger charge is -2.27. The fourth-order valence-electron chi connectivity index (χ4n) is 2.87. The van der Waals surface area contributed by atoms with Crippen LogP contribution in [0.4, 0.5) is 0 Å². The third-order valence-electron chi connectivity index (χ3n) is 3.74. The zero-order valence-corrected chi connectivity index (χ0v) is 11.4. The van der Waals surface area contributed by atoms with E-state index in [0.29, 0.717) is 5.02 Å². The Labute approximate surface area is 112 Å². The highest BCUT2D eigenvalue weighted by Gasteiger charge is 2.39. The van der Waals surface area contributed by atoms with E-state index in [0.717, 1.165) is 42.6 Å². The highest BCUT2D eigenvalue weighted by molar-refractivity contribution is 6.31. The van der Waals surface area contributed by atoms with Crippen LogP contribution >= 0.6 is 11.6 Å². The van der Waals surface area contributed by atoms with Gasteiger partial charge in [0.05, 0.1) is 7.11 Å². The maximum absolute atomic E-state index is 10.8. The van der Waals surface area contributed by atoms with Crippen LogP contribution in [0.25, 0.3) is 0 Å². The summed E-state index contributed by atoms with van der Waals surface area (Å²) in [4.78, 5) is 14.9. The Morgan fingerprint density at radius 3 is 2.61 bits per heavy atom. The van der Waals surface area contributed by atoms with Gasteiger partial charge in [0.25, 0.3) is 0 Å². The van der Waals surface area contributed by atoms with Crippen molar-refractivity contribution in [3.63, 3.8) is 0 Å². The normalized spacial score (nSPS) is 17.3. The van der Waals surface area contributed by atoms with Crippen LogP contribution in [0.15, 0.2) is 17.1 Å². The average Bonchev–Trinajstić information content (AvgIpc) is 2.82. The van der Waals surface area contributed by atoms with Gasteiger partial charge in [-0.25, -0.2) is 4.79 Å². The van der Waals surface area contributed by atoms with E-state index < -0.39 is 5.54 Å². The van der Waals surface area contributed by atoms with Gasteiger partial charge in [0, 0.05) is 10.6 Å². The summed E-state index contributed by atoms with van der Waals surface area (Å²) in [6.45, 7) is 1.95. The molecule has 1 aliphatic carbocycles. The molecule has 0 amide bonds. The van der Waals surface area contributed by atoms with E-state index in [9.17, 15) is 4.79 Å². The number of hydrogen-bond acceptors (Lipinski definition) is 3.